The molecule has 0 spiro atoms. The number of esters is 2. The Labute approximate surface area is 549 Å². The summed E-state index contributed by atoms with van der Waals surface area (Å²) >= 11 is 0. The summed E-state index contributed by atoms with van der Waals surface area (Å²) in [5, 5.41) is 0. The first-order chi connectivity index (χ1) is 43.8. The van der Waals surface area contributed by atoms with Gasteiger partial charge in [0.2, 0.25) is 0 Å². The molecule has 0 aromatic heterocycles. The monoisotopic (exact) mass is 1260 g/mol. The average Bonchev–Trinajstić information content (AvgIpc) is 3.68. The maximum Gasteiger partial charge on any atom is 0.472 e. The van der Waals surface area contributed by atoms with Gasteiger partial charge in [-0.25, -0.2) is 4.57 Å². The predicted molar refractivity (Wildman–Crippen MR) is 385 cm³/mol. The molecule has 2 atom stereocenters. The molecule has 0 saturated carbocycles. The van der Waals surface area contributed by atoms with Crippen LogP contribution in [-0.2, 0) is 32.7 Å². The molecule has 0 rings (SSSR count). The lowest BCUT2D eigenvalue weighted by Crippen LogP contribution is -2.29. The Hall–Kier alpha value is -3.59. The van der Waals surface area contributed by atoms with Crippen LogP contribution in [0.5, 0.6) is 0 Å². The number of phosphoric acid groups is 1. The van der Waals surface area contributed by atoms with Crippen molar-refractivity contribution in [1.82, 2.24) is 0 Å². The largest absolute Gasteiger partial charge is 0.472 e. The second-order valence-corrected chi connectivity index (χ2v) is 25.9. The fourth-order valence-electron chi connectivity index (χ4n) is 10.4. The van der Waals surface area contributed by atoms with Crippen LogP contribution in [0.4, 0.5) is 0 Å². The molecule has 0 aliphatic rings. The molecule has 0 bridgehead atoms. The van der Waals surface area contributed by atoms with E-state index in [-0.39, 0.29) is 32.6 Å². The van der Waals surface area contributed by atoms with Crippen LogP contribution in [0.15, 0.2) is 122 Å². The maximum absolute atomic E-state index is 12.7. The zero-order valence-corrected chi connectivity index (χ0v) is 58.5. The summed E-state index contributed by atoms with van der Waals surface area (Å²) in [6.45, 7) is 3.59. The minimum absolute atomic E-state index is 0.0392. The number of carbonyl (C=O) groups is 2. The van der Waals surface area contributed by atoms with E-state index in [4.69, 9.17) is 24.3 Å². The van der Waals surface area contributed by atoms with E-state index in [9.17, 15) is 19.0 Å². The minimum Gasteiger partial charge on any atom is -0.462 e. The van der Waals surface area contributed by atoms with E-state index >= 15 is 0 Å². The van der Waals surface area contributed by atoms with Crippen molar-refractivity contribution in [2.75, 3.05) is 26.4 Å². The Morgan fingerprint density at radius 3 is 0.966 bits per heavy atom. The third-order valence-electron chi connectivity index (χ3n) is 15.8. The van der Waals surface area contributed by atoms with E-state index in [2.05, 4.69) is 129 Å². The number of unbranched alkanes of at least 4 members (excludes halogenated alkanes) is 36. The second kappa shape index (κ2) is 73.5. The first-order valence-electron chi connectivity index (χ1n) is 37.0. The Morgan fingerprint density at radius 2 is 0.629 bits per heavy atom. The predicted octanol–water partition coefficient (Wildman–Crippen LogP) is 24.6. The number of allylic oxidation sites excluding steroid dienone is 20. The van der Waals surface area contributed by atoms with E-state index in [1.54, 1.807) is 0 Å². The number of carbonyl (C=O) groups excluding carboxylic acids is 2. The molecule has 9 nitrogen and oxygen atoms in total. The molecule has 0 aromatic rings. The first-order valence-corrected chi connectivity index (χ1v) is 38.5. The van der Waals surface area contributed by atoms with Crippen LogP contribution < -0.4 is 5.73 Å². The number of rotatable bonds is 69. The summed E-state index contributed by atoms with van der Waals surface area (Å²) in [6, 6.07) is 0. The van der Waals surface area contributed by atoms with Gasteiger partial charge in [0.25, 0.3) is 0 Å². The first kappa shape index (κ1) is 85.4. The molecular weight excluding hydrogens is 1120 g/mol. The summed E-state index contributed by atoms with van der Waals surface area (Å²) in [7, 11) is -4.42. The standard InChI is InChI=1S/C79H138NO8P/c1-3-5-7-9-11-13-15-17-19-21-23-25-27-29-31-33-34-35-36-37-38-39-40-41-42-44-45-47-49-51-53-55-57-59-61-63-65-67-69-71-78(81)85-75-77(76-87-89(83,84)86-74-73-80)88-79(82)72-70-68-66-64-62-60-58-56-54-52-50-48-46-43-32-30-28-26-24-22-20-18-16-14-12-10-8-6-4-2/h6,8,12,14,18,20-21,23-24,26,30,32,46,48,52,54,58,60,64,66,77H,3-5,7,9-11,13,15-17,19,22,25,27-29,31,33-45,47,49-51,53,55-57,59,61-63,65,67-76,80H2,1-2H3,(H,83,84)/b8-6-,14-12-,20-18-,23-21-,26-24-,32-30-,48-46-,54-52-,60-58-,66-64-. The van der Waals surface area contributed by atoms with Crippen molar-refractivity contribution >= 4 is 19.8 Å². The third kappa shape index (κ3) is 73.3. The van der Waals surface area contributed by atoms with Crippen molar-refractivity contribution < 1.29 is 37.6 Å². The van der Waals surface area contributed by atoms with Gasteiger partial charge in [-0.3, -0.25) is 18.6 Å². The zero-order chi connectivity index (χ0) is 64.4. The molecule has 0 saturated heterocycles. The molecule has 512 valence electrons. The van der Waals surface area contributed by atoms with Gasteiger partial charge < -0.3 is 20.1 Å². The van der Waals surface area contributed by atoms with Gasteiger partial charge in [0.1, 0.15) is 6.61 Å². The van der Waals surface area contributed by atoms with Crippen molar-refractivity contribution in [3.05, 3.63) is 122 Å². The van der Waals surface area contributed by atoms with E-state index < -0.39 is 32.5 Å². The zero-order valence-electron chi connectivity index (χ0n) is 57.6. The molecule has 0 amide bonds. The lowest BCUT2D eigenvalue weighted by Gasteiger charge is -2.19. The van der Waals surface area contributed by atoms with Gasteiger partial charge in [0.05, 0.1) is 13.2 Å². The van der Waals surface area contributed by atoms with Gasteiger partial charge in [-0.05, 0) is 103 Å². The molecule has 89 heavy (non-hydrogen) atoms. The van der Waals surface area contributed by atoms with Crippen LogP contribution in [-0.4, -0.2) is 49.3 Å². The molecule has 0 aromatic carbocycles. The van der Waals surface area contributed by atoms with E-state index in [1.165, 1.54) is 218 Å². The number of hydrogen-bond acceptors (Lipinski definition) is 8. The Morgan fingerprint density at radius 1 is 0.348 bits per heavy atom. The molecule has 0 aliphatic carbocycles. The molecule has 0 heterocycles. The molecule has 0 radical (unpaired) electrons. The second-order valence-electron chi connectivity index (χ2n) is 24.4. The lowest BCUT2D eigenvalue weighted by atomic mass is 10.0. The smallest absolute Gasteiger partial charge is 0.462 e. The minimum atomic E-state index is -4.42. The van der Waals surface area contributed by atoms with Gasteiger partial charge in [-0.15, -0.1) is 0 Å². The van der Waals surface area contributed by atoms with Crippen molar-refractivity contribution in [2.45, 2.75) is 341 Å². The highest BCUT2D eigenvalue weighted by Gasteiger charge is 2.26. The summed E-state index contributed by atoms with van der Waals surface area (Å²) < 4.78 is 33.1. The SMILES string of the molecule is CC/C=C\C/C=C\C/C=C\C/C=C\C/C=C\C/C=C\C/C=C\C/C=C\C/C=C\CCCC(=O)OC(COC(=O)CCCCCCCCCCCCCCCCCCCCCCCCCCCCC/C=C\CCCCCCCCCC)COP(=O)(O)OCCN. The summed E-state index contributed by atoms with van der Waals surface area (Å²) in [5.41, 5.74) is 5.40. The van der Waals surface area contributed by atoms with E-state index in [0.717, 1.165) is 77.0 Å². The number of ether oxygens (including phenoxy) is 2. The summed E-state index contributed by atoms with van der Waals surface area (Å²) in [4.78, 5) is 35.3. The number of nitrogens with two attached hydrogens (primary N) is 1. The fraction of sp³-hybridized carbons (Fsp3) is 0.722. The van der Waals surface area contributed by atoms with Crippen LogP contribution in [0, 0.1) is 0 Å². The van der Waals surface area contributed by atoms with Crippen LogP contribution in [0.2, 0.25) is 0 Å². The van der Waals surface area contributed by atoms with Crippen molar-refractivity contribution in [2.24, 2.45) is 5.73 Å². The molecule has 3 N–H and O–H groups in total. The van der Waals surface area contributed by atoms with Gasteiger partial charge in [-0.2, -0.15) is 0 Å². The molecule has 0 fully saturated rings. The Kier molecular flexibility index (Phi) is 70.5. The summed E-state index contributed by atoms with van der Waals surface area (Å²) in [5.74, 6) is -0.894. The van der Waals surface area contributed by atoms with Crippen molar-refractivity contribution in [3.8, 4) is 0 Å². The molecule has 0 aliphatic heterocycles. The Balaban J connectivity index is 3.89. The maximum atomic E-state index is 12.7. The highest BCUT2D eigenvalue weighted by atomic mass is 31.2. The van der Waals surface area contributed by atoms with E-state index in [0.29, 0.717) is 12.8 Å². The van der Waals surface area contributed by atoms with E-state index in [1.807, 2.05) is 6.08 Å². The van der Waals surface area contributed by atoms with Crippen LogP contribution in [0.25, 0.3) is 0 Å². The van der Waals surface area contributed by atoms with Crippen molar-refractivity contribution in [3.63, 3.8) is 0 Å². The molecule has 2 unspecified atom stereocenters. The average molecular weight is 1260 g/mol. The lowest BCUT2D eigenvalue weighted by molar-refractivity contribution is -0.161. The van der Waals surface area contributed by atoms with Gasteiger partial charge in [0, 0.05) is 19.4 Å². The topological polar surface area (TPSA) is 134 Å². The third-order valence-corrected chi connectivity index (χ3v) is 16.8. The highest BCUT2D eigenvalue weighted by molar-refractivity contribution is 7.47. The van der Waals surface area contributed by atoms with Gasteiger partial charge >= 0.3 is 19.8 Å². The summed E-state index contributed by atoms with van der Waals surface area (Å²) in [6.07, 6.45) is 103. The van der Waals surface area contributed by atoms with Crippen molar-refractivity contribution in [1.29, 1.82) is 0 Å². The Bertz CT molecular complexity index is 1880. The van der Waals surface area contributed by atoms with Crippen LogP contribution in [0.3, 0.4) is 0 Å². The molecule has 10 heteroatoms. The van der Waals surface area contributed by atoms with Crippen LogP contribution >= 0.6 is 7.82 Å². The van der Waals surface area contributed by atoms with Gasteiger partial charge in [0.15, 0.2) is 6.10 Å². The quantitative estimate of drug-likeness (QED) is 0.0264. The van der Waals surface area contributed by atoms with Gasteiger partial charge in [-0.1, -0.05) is 341 Å². The number of phosphoric ester groups is 1. The number of hydrogen-bond donors (Lipinski definition) is 2. The normalized spacial score (nSPS) is 13.6. The van der Waals surface area contributed by atoms with Crippen LogP contribution in [0.1, 0.15) is 335 Å². The highest BCUT2D eigenvalue weighted by Crippen LogP contribution is 2.43. The fourth-order valence-corrected chi connectivity index (χ4v) is 11.2. The molecular formula is C79H138NO8P.